The fourth-order valence-corrected chi connectivity index (χ4v) is 3.35. The Morgan fingerprint density at radius 1 is 1.29 bits per heavy atom. The van der Waals surface area contributed by atoms with Crippen LogP contribution in [0.2, 0.25) is 0 Å². The van der Waals surface area contributed by atoms with E-state index in [1.54, 1.807) is 0 Å². The highest BCUT2D eigenvalue weighted by molar-refractivity contribution is 5.90. The molecule has 0 saturated carbocycles. The van der Waals surface area contributed by atoms with Gasteiger partial charge in [-0.1, -0.05) is 27.2 Å². The number of nitrogens with zero attached hydrogens (tertiary/aromatic N) is 3. The number of hydrogen-bond donors (Lipinski definition) is 2. The quantitative estimate of drug-likeness (QED) is 0.865. The first-order valence-corrected chi connectivity index (χ1v) is 7.93. The Kier molecular flexibility index (Phi) is 3.73. The molecule has 0 spiro atoms. The largest absolute Gasteiger partial charge is 0.345 e. The van der Waals surface area contributed by atoms with Crippen LogP contribution in [-0.4, -0.2) is 51.2 Å². The topological polar surface area (TPSA) is 73.9 Å². The first-order chi connectivity index (χ1) is 9.95. The maximum Gasteiger partial charge on any atom is 0.291 e. The monoisotopic (exact) mass is 291 g/mol. The second-order valence-electron chi connectivity index (χ2n) is 7.23. The number of hydrogen-bond acceptors (Lipinski definition) is 4. The van der Waals surface area contributed by atoms with Crippen LogP contribution in [-0.2, 0) is 5.41 Å². The van der Waals surface area contributed by atoms with E-state index in [9.17, 15) is 4.79 Å². The van der Waals surface area contributed by atoms with Crippen molar-refractivity contribution in [2.24, 2.45) is 0 Å². The summed E-state index contributed by atoms with van der Waals surface area (Å²) < 4.78 is 0. The average Bonchev–Trinajstić information content (AvgIpc) is 3.05. The highest BCUT2D eigenvalue weighted by Crippen LogP contribution is 2.27. The smallest absolute Gasteiger partial charge is 0.291 e. The Morgan fingerprint density at radius 3 is 2.81 bits per heavy atom. The predicted molar refractivity (Wildman–Crippen MR) is 80.2 cm³/mol. The minimum Gasteiger partial charge on any atom is -0.345 e. The summed E-state index contributed by atoms with van der Waals surface area (Å²) in [6, 6.07) is 0.748. The molecule has 0 bridgehead atoms. The summed E-state index contributed by atoms with van der Waals surface area (Å²) in [6.45, 7) is 8.41. The van der Waals surface area contributed by atoms with E-state index in [1.807, 2.05) is 20.8 Å². The molecule has 2 saturated heterocycles. The molecule has 2 fully saturated rings. The van der Waals surface area contributed by atoms with Crippen LogP contribution in [0.3, 0.4) is 0 Å². The molecule has 0 aliphatic carbocycles. The molecule has 2 N–H and O–H groups in total. The molecule has 6 heteroatoms. The molecule has 3 heterocycles. The molecule has 2 aliphatic rings. The van der Waals surface area contributed by atoms with Crippen LogP contribution in [0.25, 0.3) is 0 Å². The third kappa shape index (κ3) is 2.95. The molecule has 0 radical (unpaired) electrons. The van der Waals surface area contributed by atoms with Crippen molar-refractivity contribution in [2.45, 2.75) is 64.0 Å². The molecule has 1 aromatic heterocycles. The maximum absolute atomic E-state index is 12.3. The van der Waals surface area contributed by atoms with Crippen molar-refractivity contribution in [1.82, 2.24) is 25.4 Å². The molecule has 1 aromatic rings. The van der Waals surface area contributed by atoms with E-state index in [4.69, 9.17) is 0 Å². The van der Waals surface area contributed by atoms with E-state index in [2.05, 4.69) is 25.4 Å². The van der Waals surface area contributed by atoms with Crippen molar-refractivity contribution < 1.29 is 4.79 Å². The summed E-state index contributed by atoms with van der Waals surface area (Å²) in [5.41, 5.74) is -0.126. The number of aromatic amines is 1. The molecule has 2 unspecified atom stereocenters. The minimum absolute atomic E-state index is 0.126. The van der Waals surface area contributed by atoms with Gasteiger partial charge in [-0.25, -0.2) is 4.98 Å². The van der Waals surface area contributed by atoms with Gasteiger partial charge in [0.15, 0.2) is 0 Å². The number of carbonyl (C=O) groups is 1. The molecule has 3 rings (SSSR count). The van der Waals surface area contributed by atoms with E-state index in [-0.39, 0.29) is 23.2 Å². The van der Waals surface area contributed by atoms with Gasteiger partial charge in [0.1, 0.15) is 5.82 Å². The van der Waals surface area contributed by atoms with Gasteiger partial charge in [0.25, 0.3) is 5.91 Å². The summed E-state index contributed by atoms with van der Waals surface area (Å²) in [4.78, 5) is 19.2. The lowest BCUT2D eigenvalue weighted by Crippen LogP contribution is -2.47. The van der Waals surface area contributed by atoms with Crippen molar-refractivity contribution in [3.8, 4) is 0 Å². The Labute approximate surface area is 125 Å². The molecular formula is C15H25N5O. The number of rotatable bonds is 2. The van der Waals surface area contributed by atoms with Gasteiger partial charge in [0, 0.05) is 24.0 Å². The molecular weight excluding hydrogens is 266 g/mol. The molecule has 2 aliphatic heterocycles. The van der Waals surface area contributed by atoms with Crippen molar-refractivity contribution in [1.29, 1.82) is 0 Å². The van der Waals surface area contributed by atoms with E-state index in [0.29, 0.717) is 6.04 Å². The summed E-state index contributed by atoms with van der Waals surface area (Å²) in [6.07, 6.45) is 4.77. The second kappa shape index (κ2) is 5.40. The zero-order chi connectivity index (χ0) is 15.0. The lowest BCUT2D eigenvalue weighted by atomic mass is 9.96. The van der Waals surface area contributed by atoms with Gasteiger partial charge < -0.3 is 5.32 Å². The average molecular weight is 291 g/mol. The Balaban J connectivity index is 1.65. The summed E-state index contributed by atoms with van der Waals surface area (Å²) in [7, 11) is 0. The van der Waals surface area contributed by atoms with Gasteiger partial charge in [-0.2, -0.15) is 0 Å². The van der Waals surface area contributed by atoms with E-state index in [0.717, 1.165) is 18.8 Å². The van der Waals surface area contributed by atoms with Crippen LogP contribution < -0.4 is 5.32 Å². The number of amides is 1. The minimum atomic E-state index is -0.154. The zero-order valence-corrected chi connectivity index (χ0v) is 13.1. The van der Waals surface area contributed by atoms with Crippen molar-refractivity contribution in [3.63, 3.8) is 0 Å². The number of nitrogens with one attached hydrogen (secondary N) is 2. The van der Waals surface area contributed by atoms with Gasteiger partial charge in [-0.05, 0) is 25.8 Å². The lowest BCUT2D eigenvalue weighted by Gasteiger charge is -2.32. The van der Waals surface area contributed by atoms with Crippen LogP contribution in [0.15, 0.2) is 0 Å². The number of H-pyrrole nitrogens is 1. The fraction of sp³-hybridized carbons (Fsp3) is 0.800. The van der Waals surface area contributed by atoms with Crippen molar-refractivity contribution in [3.05, 3.63) is 11.6 Å². The Bertz CT molecular complexity index is 518. The molecule has 0 aromatic carbocycles. The van der Waals surface area contributed by atoms with Gasteiger partial charge in [0.05, 0.1) is 0 Å². The summed E-state index contributed by atoms with van der Waals surface area (Å²) >= 11 is 0. The molecule has 1 amide bonds. The second-order valence-corrected chi connectivity index (χ2v) is 7.23. The van der Waals surface area contributed by atoms with Crippen LogP contribution in [0.4, 0.5) is 0 Å². The SMILES string of the molecule is CC(C)(C)c1nc(C(=O)NC2CCN3CCCCC23)n[nH]1. The van der Waals surface area contributed by atoms with E-state index >= 15 is 0 Å². The highest BCUT2D eigenvalue weighted by Gasteiger charge is 2.36. The van der Waals surface area contributed by atoms with Crippen molar-refractivity contribution >= 4 is 5.91 Å². The van der Waals surface area contributed by atoms with Gasteiger partial charge in [0.2, 0.25) is 5.82 Å². The summed E-state index contributed by atoms with van der Waals surface area (Å²) in [5.74, 6) is 0.853. The molecule has 116 valence electrons. The first kappa shape index (κ1) is 14.5. The Hall–Kier alpha value is -1.43. The normalized spacial score (nSPS) is 26.6. The number of piperidine rings is 1. The molecule has 2 atom stereocenters. The van der Waals surface area contributed by atoms with Crippen LogP contribution >= 0.6 is 0 Å². The standard InChI is InChI=1S/C15H25N5O/c1-15(2,3)14-17-12(18-19-14)13(21)16-10-7-9-20-8-5-4-6-11(10)20/h10-11H,4-9H2,1-3H3,(H,16,21)(H,17,18,19). The third-order valence-electron chi connectivity index (χ3n) is 4.57. The van der Waals surface area contributed by atoms with Crippen LogP contribution in [0.1, 0.15) is 62.9 Å². The lowest BCUT2D eigenvalue weighted by molar-refractivity contribution is 0.0905. The van der Waals surface area contributed by atoms with Gasteiger partial charge in [-0.3, -0.25) is 14.8 Å². The summed E-state index contributed by atoms with van der Waals surface area (Å²) in [5, 5.41) is 10.1. The number of carbonyl (C=O) groups excluding carboxylic acids is 1. The third-order valence-corrected chi connectivity index (χ3v) is 4.57. The molecule has 21 heavy (non-hydrogen) atoms. The predicted octanol–water partition coefficient (Wildman–Crippen LogP) is 1.46. The first-order valence-electron chi connectivity index (χ1n) is 7.93. The van der Waals surface area contributed by atoms with Crippen molar-refractivity contribution in [2.75, 3.05) is 13.1 Å². The van der Waals surface area contributed by atoms with Crippen LogP contribution in [0, 0.1) is 0 Å². The van der Waals surface area contributed by atoms with E-state index < -0.39 is 0 Å². The zero-order valence-electron chi connectivity index (χ0n) is 13.1. The number of fused-ring (bicyclic) bond motifs is 1. The van der Waals surface area contributed by atoms with Gasteiger partial charge in [-0.15, -0.1) is 5.10 Å². The number of aromatic nitrogens is 3. The maximum atomic E-state index is 12.3. The van der Waals surface area contributed by atoms with E-state index in [1.165, 1.54) is 25.8 Å². The fourth-order valence-electron chi connectivity index (χ4n) is 3.35. The van der Waals surface area contributed by atoms with Gasteiger partial charge >= 0.3 is 0 Å². The van der Waals surface area contributed by atoms with Crippen LogP contribution in [0.5, 0.6) is 0 Å². The molecule has 6 nitrogen and oxygen atoms in total. The Morgan fingerprint density at radius 2 is 2.10 bits per heavy atom. The highest BCUT2D eigenvalue weighted by atomic mass is 16.2.